The summed E-state index contributed by atoms with van der Waals surface area (Å²) >= 11 is 0. The molecule has 170 valence electrons. The fourth-order valence-corrected chi connectivity index (χ4v) is 4.53. The molecule has 2 aromatic heterocycles. The van der Waals surface area contributed by atoms with Crippen LogP contribution in [0, 0.1) is 31.3 Å². The van der Waals surface area contributed by atoms with Crippen LogP contribution in [0.4, 0.5) is 19.0 Å². The lowest BCUT2D eigenvalue weighted by atomic mass is 10.0. The van der Waals surface area contributed by atoms with Crippen molar-refractivity contribution < 1.29 is 18.3 Å². The molecule has 5 nitrogen and oxygen atoms in total. The molecule has 5 rings (SSSR count). The van der Waals surface area contributed by atoms with Crippen molar-refractivity contribution in [2.24, 2.45) is 0 Å². The number of aromatic nitrogens is 3. The molecule has 8 heteroatoms. The molecule has 0 amide bonds. The Morgan fingerprint density at radius 2 is 1.73 bits per heavy atom. The predicted molar refractivity (Wildman–Crippen MR) is 121 cm³/mol. The van der Waals surface area contributed by atoms with Gasteiger partial charge in [-0.3, -0.25) is 0 Å². The Labute approximate surface area is 189 Å². The summed E-state index contributed by atoms with van der Waals surface area (Å²) in [5, 5.41) is 14.5. The minimum absolute atomic E-state index is 0.0122. The summed E-state index contributed by atoms with van der Waals surface area (Å²) in [7, 11) is 0. The van der Waals surface area contributed by atoms with Crippen LogP contribution in [-0.4, -0.2) is 38.9 Å². The number of halogens is 3. The highest BCUT2D eigenvalue weighted by atomic mass is 19.2. The Balaban J connectivity index is 1.79. The number of aryl methyl sites for hydroxylation is 2. The molecule has 1 fully saturated rings. The van der Waals surface area contributed by atoms with Crippen LogP contribution < -0.4 is 4.90 Å². The van der Waals surface area contributed by atoms with Crippen molar-refractivity contribution in [3.8, 4) is 22.4 Å². The number of fused-ring (bicyclic) bond motifs is 1. The van der Waals surface area contributed by atoms with Crippen LogP contribution in [0.5, 0.6) is 0 Å². The number of rotatable bonds is 4. The zero-order valence-corrected chi connectivity index (χ0v) is 18.3. The van der Waals surface area contributed by atoms with Crippen molar-refractivity contribution >= 4 is 11.5 Å². The van der Waals surface area contributed by atoms with Gasteiger partial charge in [0.15, 0.2) is 17.3 Å². The van der Waals surface area contributed by atoms with Gasteiger partial charge < -0.3 is 10.0 Å². The van der Waals surface area contributed by atoms with Gasteiger partial charge in [0, 0.05) is 23.7 Å². The molecule has 1 aliphatic rings. The highest BCUT2D eigenvalue weighted by Gasteiger charge is 2.27. The summed E-state index contributed by atoms with van der Waals surface area (Å²) in [6, 6.07) is 10.4. The molecule has 2 aromatic carbocycles. The standard InChI is InChI=1S/C25H23F3N4O/c1-14-5-6-17(11-20(14)27)24-15(2)30-32-22(16-7-8-19(26)21(28)10-16)12-23(29-25(24)32)31-9-3-4-18(31)13-33/h5-8,10-12,18,33H,3-4,9,13H2,1-2H3. The summed E-state index contributed by atoms with van der Waals surface area (Å²) in [6.07, 6.45) is 1.74. The van der Waals surface area contributed by atoms with E-state index in [0.717, 1.165) is 25.0 Å². The third-order valence-corrected chi connectivity index (χ3v) is 6.31. The molecule has 4 aromatic rings. The van der Waals surface area contributed by atoms with E-state index in [1.54, 1.807) is 23.6 Å². The van der Waals surface area contributed by atoms with Crippen molar-refractivity contribution in [1.82, 2.24) is 14.6 Å². The van der Waals surface area contributed by atoms with Gasteiger partial charge in [-0.05, 0) is 62.1 Å². The number of aliphatic hydroxyl groups is 1. The number of anilines is 1. The first kappa shape index (κ1) is 21.5. The second-order valence-corrected chi connectivity index (χ2v) is 8.46. The maximum Gasteiger partial charge on any atom is 0.166 e. The Kier molecular flexibility index (Phi) is 5.32. The largest absolute Gasteiger partial charge is 0.394 e. The Hall–Kier alpha value is -3.39. The van der Waals surface area contributed by atoms with E-state index in [1.807, 2.05) is 17.9 Å². The molecule has 0 spiro atoms. The number of benzene rings is 2. The topological polar surface area (TPSA) is 53.7 Å². The first-order valence-corrected chi connectivity index (χ1v) is 10.9. The van der Waals surface area contributed by atoms with Gasteiger partial charge in [0.25, 0.3) is 0 Å². The first-order valence-electron chi connectivity index (χ1n) is 10.9. The second kappa shape index (κ2) is 8.19. The van der Waals surface area contributed by atoms with E-state index < -0.39 is 11.6 Å². The summed E-state index contributed by atoms with van der Waals surface area (Å²) < 4.78 is 43.7. The molecule has 1 atom stereocenters. The minimum Gasteiger partial charge on any atom is -0.394 e. The van der Waals surface area contributed by atoms with Gasteiger partial charge in [0.2, 0.25) is 0 Å². The molecule has 0 radical (unpaired) electrons. The summed E-state index contributed by atoms with van der Waals surface area (Å²) in [4.78, 5) is 6.87. The number of aliphatic hydroxyl groups excluding tert-OH is 1. The molecule has 1 aliphatic heterocycles. The summed E-state index contributed by atoms with van der Waals surface area (Å²) in [6.45, 7) is 4.21. The molecule has 0 aliphatic carbocycles. The third-order valence-electron chi connectivity index (χ3n) is 6.31. The van der Waals surface area contributed by atoms with E-state index in [4.69, 9.17) is 4.98 Å². The van der Waals surface area contributed by atoms with Crippen molar-refractivity contribution in [1.29, 1.82) is 0 Å². The molecule has 1 N–H and O–H groups in total. The monoisotopic (exact) mass is 452 g/mol. The van der Waals surface area contributed by atoms with Gasteiger partial charge in [-0.15, -0.1) is 0 Å². The van der Waals surface area contributed by atoms with Gasteiger partial charge >= 0.3 is 0 Å². The fraction of sp³-hybridized carbons (Fsp3) is 0.280. The highest BCUT2D eigenvalue weighted by molar-refractivity contribution is 5.83. The maximum absolute atomic E-state index is 14.4. The van der Waals surface area contributed by atoms with E-state index in [-0.39, 0.29) is 18.5 Å². The van der Waals surface area contributed by atoms with Crippen LogP contribution in [0.15, 0.2) is 42.5 Å². The lowest BCUT2D eigenvalue weighted by molar-refractivity contribution is 0.266. The van der Waals surface area contributed by atoms with Crippen molar-refractivity contribution in [3.63, 3.8) is 0 Å². The van der Waals surface area contributed by atoms with Gasteiger partial charge in [0.1, 0.15) is 11.6 Å². The van der Waals surface area contributed by atoms with Gasteiger partial charge in [0.05, 0.1) is 24.0 Å². The molecule has 33 heavy (non-hydrogen) atoms. The van der Waals surface area contributed by atoms with E-state index in [0.29, 0.717) is 51.7 Å². The van der Waals surface area contributed by atoms with Crippen LogP contribution >= 0.6 is 0 Å². The number of hydrogen-bond donors (Lipinski definition) is 1. The van der Waals surface area contributed by atoms with Crippen LogP contribution in [0.1, 0.15) is 24.1 Å². The van der Waals surface area contributed by atoms with Crippen LogP contribution in [0.25, 0.3) is 28.0 Å². The van der Waals surface area contributed by atoms with E-state index in [9.17, 15) is 18.3 Å². The summed E-state index contributed by atoms with van der Waals surface area (Å²) in [5.41, 5.74) is 3.91. The minimum atomic E-state index is -0.960. The maximum atomic E-state index is 14.4. The Morgan fingerprint density at radius 3 is 2.45 bits per heavy atom. The Bertz CT molecular complexity index is 1370. The average molecular weight is 452 g/mol. The molecule has 1 saturated heterocycles. The lowest BCUT2D eigenvalue weighted by Gasteiger charge is -2.25. The SMILES string of the molecule is Cc1ccc(-c2c(C)nn3c(-c4ccc(F)c(F)c4)cc(N4CCCC4CO)nc23)cc1F. The molecular formula is C25H23F3N4O. The molecular weight excluding hydrogens is 429 g/mol. The quantitative estimate of drug-likeness (QED) is 0.470. The van der Waals surface area contributed by atoms with E-state index in [2.05, 4.69) is 5.10 Å². The molecule has 0 bridgehead atoms. The van der Waals surface area contributed by atoms with E-state index >= 15 is 0 Å². The molecule has 0 saturated carbocycles. The zero-order chi connectivity index (χ0) is 23.3. The van der Waals surface area contributed by atoms with Crippen LogP contribution in [0.2, 0.25) is 0 Å². The second-order valence-electron chi connectivity index (χ2n) is 8.46. The van der Waals surface area contributed by atoms with Gasteiger partial charge in [-0.1, -0.05) is 12.1 Å². The first-order chi connectivity index (χ1) is 15.9. The van der Waals surface area contributed by atoms with Crippen LogP contribution in [0.3, 0.4) is 0 Å². The smallest absolute Gasteiger partial charge is 0.166 e. The van der Waals surface area contributed by atoms with Crippen molar-refractivity contribution in [2.75, 3.05) is 18.1 Å². The average Bonchev–Trinajstić information content (AvgIpc) is 3.40. The highest BCUT2D eigenvalue weighted by Crippen LogP contribution is 2.35. The predicted octanol–water partition coefficient (Wildman–Crippen LogP) is 5.06. The number of hydrogen-bond acceptors (Lipinski definition) is 4. The summed E-state index contributed by atoms with van der Waals surface area (Å²) in [5.74, 6) is -1.62. The fourth-order valence-electron chi connectivity index (χ4n) is 4.53. The molecule has 1 unspecified atom stereocenters. The third kappa shape index (κ3) is 3.64. The normalized spacial score (nSPS) is 16.2. The molecule has 3 heterocycles. The lowest BCUT2D eigenvalue weighted by Crippen LogP contribution is -2.32. The van der Waals surface area contributed by atoms with Crippen LogP contribution in [-0.2, 0) is 0 Å². The Morgan fingerprint density at radius 1 is 0.970 bits per heavy atom. The van der Waals surface area contributed by atoms with Gasteiger partial charge in [-0.2, -0.15) is 5.10 Å². The van der Waals surface area contributed by atoms with E-state index in [1.165, 1.54) is 12.1 Å². The van der Waals surface area contributed by atoms with Gasteiger partial charge in [-0.25, -0.2) is 22.7 Å². The van der Waals surface area contributed by atoms with Crippen molar-refractivity contribution in [2.45, 2.75) is 32.7 Å². The number of nitrogens with zero attached hydrogens (tertiary/aromatic N) is 4. The zero-order valence-electron chi connectivity index (χ0n) is 18.3. The van der Waals surface area contributed by atoms with Crippen molar-refractivity contribution in [3.05, 3.63) is 71.2 Å².